The van der Waals surface area contributed by atoms with Gasteiger partial charge in [0.15, 0.2) is 0 Å². The molecule has 174 valence electrons. The van der Waals surface area contributed by atoms with Gasteiger partial charge in [-0.2, -0.15) is 0 Å². The molecule has 4 rings (SSSR count). The lowest BCUT2D eigenvalue weighted by Crippen LogP contribution is -2.53. The van der Waals surface area contributed by atoms with Crippen LogP contribution < -0.4 is 16.0 Å². The maximum Gasteiger partial charge on any atom is 0.338 e. The molecule has 0 unspecified atom stereocenters. The van der Waals surface area contributed by atoms with Crippen molar-refractivity contribution >= 4 is 29.2 Å². The maximum atomic E-state index is 13.5. The van der Waals surface area contributed by atoms with Crippen molar-refractivity contribution in [1.82, 2.24) is 5.32 Å². The fourth-order valence-electron chi connectivity index (χ4n) is 4.91. The Kier molecular flexibility index (Phi) is 5.99. The summed E-state index contributed by atoms with van der Waals surface area (Å²) in [5, 5.41) is 19.4. The van der Waals surface area contributed by atoms with Crippen LogP contribution in [0.5, 0.6) is 0 Å². The number of amides is 2. The number of benzene rings is 2. The van der Waals surface area contributed by atoms with Gasteiger partial charge in [0.1, 0.15) is 5.54 Å². The van der Waals surface area contributed by atoms with Gasteiger partial charge in [0, 0.05) is 23.0 Å². The van der Waals surface area contributed by atoms with E-state index < -0.39 is 29.6 Å². The number of esters is 1. The minimum absolute atomic E-state index is 0.279. The second-order valence-corrected chi connectivity index (χ2v) is 8.83. The van der Waals surface area contributed by atoms with Crippen molar-refractivity contribution in [1.29, 1.82) is 0 Å². The van der Waals surface area contributed by atoms with Crippen molar-refractivity contribution in [3.05, 3.63) is 58.7 Å². The lowest BCUT2D eigenvalue weighted by Gasteiger charge is -2.30. The second kappa shape index (κ2) is 8.61. The van der Waals surface area contributed by atoms with Crippen LogP contribution in [0.2, 0.25) is 0 Å². The highest BCUT2D eigenvalue weighted by molar-refractivity contribution is 6.11. The Hall–Kier alpha value is -3.23. The molecular weight excluding hydrogens is 422 g/mol. The van der Waals surface area contributed by atoms with Crippen molar-refractivity contribution in [2.75, 3.05) is 17.2 Å². The van der Waals surface area contributed by atoms with Gasteiger partial charge >= 0.3 is 5.97 Å². The van der Waals surface area contributed by atoms with Gasteiger partial charge < -0.3 is 20.5 Å². The molecule has 2 aliphatic rings. The number of aliphatic hydroxyl groups excluding tert-OH is 1. The summed E-state index contributed by atoms with van der Waals surface area (Å²) in [7, 11) is 0. The smallest absolute Gasteiger partial charge is 0.338 e. The molecule has 4 atom stereocenters. The summed E-state index contributed by atoms with van der Waals surface area (Å²) in [6.07, 6.45) is -0.448. The Labute approximate surface area is 192 Å². The van der Waals surface area contributed by atoms with Crippen molar-refractivity contribution < 1.29 is 24.2 Å². The predicted molar refractivity (Wildman–Crippen MR) is 124 cm³/mol. The third kappa shape index (κ3) is 3.89. The van der Waals surface area contributed by atoms with Crippen molar-refractivity contribution in [3.63, 3.8) is 0 Å². The second-order valence-electron chi connectivity index (χ2n) is 8.83. The Morgan fingerprint density at radius 2 is 1.94 bits per heavy atom. The monoisotopic (exact) mass is 451 g/mol. The molecule has 0 saturated carbocycles. The molecule has 2 aromatic carbocycles. The number of anilines is 2. The predicted octanol–water partition coefficient (Wildman–Crippen LogP) is 2.63. The third-order valence-corrected chi connectivity index (χ3v) is 6.49. The van der Waals surface area contributed by atoms with E-state index in [0.29, 0.717) is 23.4 Å². The number of fused-ring (bicyclic) bond motifs is 2. The summed E-state index contributed by atoms with van der Waals surface area (Å²) in [6, 6.07) is 9.90. The van der Waals surface area contributed by atoms with E-state index in [9.17, 15) is 19.5 Å². The number of hydrogen-bond acceptors (Lipinski definition) is 6. The van der Waals surface area contributed by atoms with E-state index >= 15 is 0 Å². The molecule has 2 heterocycles. The fraction of sp³-hybridized carbons (Fsp3) is 0.400. The zero-order chi connectivity index (χ0) is 23.9. The normalized spacial score (nSPS) is 24.3. The van der Waals surface area contributed by atoms with E-state index in [0.717, 1.165) is 16.7 Å². The van der Waals surface area contributed by atoms with Crippen LogP contribution in [0.4, 0.5) is 11.4 Å². The van der Waals surface area contributed by atoms with E-state index in [4.69, 9.17) is 4.74 Å². The van der Waals surface area contributed by atoms with Crippen molar-refractivity contribution in [3.8, 4) is 0 Å². The molecule has 0 aromatic heterocycles. The van der Waals surface area contributed by atoms with Crippen LogP contribution in [0.3, 0.4) is 0 Å². The van der Waals surface area contributed by atoms with Gasteiger partial charge in [0.05, 0.1) is 24.2 Å². The Morgan fingerprint density at radius 3 is 2.58 bits per heavy atom. The molecule has 1 saturated heterocycles. The molecule has 8 nitrogen and oxygen atoms in total. The van der Waals surface area contributed by atoms with Crippen LogP contribution in [0, 0.1) is 19.8 Å². The summed E-state index contributed by atoms with van der Waals surface area (Å²) in [5.41, 5.74) is 2.96. The summed E-state index contributed by atoms with van der Waals surface area (Å²) in [6.45, 7) is 7.53. The van der Waals surface area contributed by atoms with Gasteiger partial charge in [0.25, 0.3) is 0 Å². The summed E-state index contributed by atoms with van der Waals surface area (Å²) < 4.78 is 4.99. The molecule has 2 aliphatic heterocycles. The molecular formula is C25H29N3O5. The third-order valence-electron chi connectivity index (χ3n) is 6.49. The number of aliphatic hydroxyl groups is 1. The topological polar surface area (TPSA) is 117 Å². The Morgan fingerprint density at radius 1 is 1.24 bits per heavy atom. The molecule has 1 spiro atoms. The molecule has 33 heavy (non-hydrogen) atoms. The maximum absolute atomic E-state index is 13.5. The van der Waals surface area contributed by atoms with Gasteiger partial charge in [-0.15, -0.1) is 0 Å². The highest BCUT2D eigenvalue weighted by atomic mass is 16.5. The van der Waals surface area contributed by atoms with Crippen LogP contribution in [-0.2, 0) is 19.9 Å². The molecule has 0 radical (unpaired) electrons. The van der Waals surface area contributed by atoms with Crippen LogP contribution in [0.1, 0.15) is 47.3 Å². The van der Waals surface area contributed by atoms with E-state index in [1.807, 2.05) is 26.0 Å². The minimum atomic E-state index is -1.28. The highest BCUT2D eigenvalue weighted by Crippen LogP contribution is 2.49. The number of carbonyl (C=O) groups is 3. The number of carbonyl (C=O) groups excluding carboxylic acids is 3. The van der Waals surface area contributed by atoms with E-state index in [1.165, 1.54) is 0 Å². The quantitative estimate of drug-likeness (QED) is 0.520. The molecule has 0 aliphatic carbocycles. The van der Waals surface area contributed by atoms with Gasteiger partial charge in [-0.1, -0.05) is 17.7 Å². The first kappa shape index (κ1) is 22.9. The fourth-order valence-corrected chi connectivity index (χ4v) is 4.91. The first-order valence-electron chi connectivity index (χ1n) is 11.1. The molecule has 0 bridgehead atoms. The SMILES string of the molecule is CCOC(=O)c1ccc(NC(=O)[C@@H]2C[C@H]([C@@H](C)O)N[C@@]23C(=O)Nc2c(C)cc(C)cc23)cc1. The van der Waals surface area contributed by atoms with Crippen LogP contribution in [0.25, 0.3) is 0 Å². The molecule has 8 heteroatoms. The zero-order valence-corrected chi connectivity index (χ0v) is 19.2. The Balaban J connectivity index is 1.67. The Bertz CT molecular complexity index is 1110. The van der Waals surface area contributed by atoms with Gasteiger partial charge in [-0.05, 0) is 63.9 Å². The molecule has 2 amide bonds. The van der Waals surface area contributed by atoms with Crippen LogP contribution in [-0.4, -0.2) is 41.6 Å². The summed E-state index contributed by atoms with van der Waals surface area (Å²) in [4.78, 5) is 38.7. The van der Waals surface area contributed by atoms with E-state index in [1.54, 1.807) is 38.1 Å². The number of ether oxygens (including phenoxy) is 1. The average molecular weight is 452 g/mol. The summed E-state index contributed by atoms with van der Waals surface area (Å²) in [5.74, 6) is -1.81. The number of nitrogens with one attached hydrogen (secondary N) is 3. The lowest BCUT2D eigenvalue weighted by molar-refractivity contribution is -0.130. The summed E-state index contributed by atoms with van der Waals surface area (Å²) >= 11 is 0. The zero-order valence-electron chi connectivity index (χ0n) is 19.2. The number of hydrogen-bond donors (Lipinski definition) is 4. The number of aryl methyl sites for hydroxylation is 2. The lowest BCUT2D eigenvalue weighted by atomic mass is 9.78. The average Bonchev–Trinajstić information content (AvgIpc) is 3.30. The highest BCUT2D eigenvalue weighted by Gasteiger charge is 2.61. The van der Waals surface area contributed by atoms with Crippen molar-refractivity contribution in [2.24, 2.45) is 5.92 Å². The van der Waals surface area contributed by atoms with Crippen LogP contribution >= 0.6 is 0 Å². The van der Waals surface area contributed by atoms with Crippen molar-refractivity contribution in [2.45, 2.75) is 51.8 Å². The van der Waals surface area contributed by atoms with Gasteiger partial charge in [-0.25, -0.2) is 4.79 Å². The van der Waals surface area contributed by atoms with Crippen LogP contribution in [0.15, 0.2) is 36.4 Å². The first-order valence-corrected chi connectivity index (χ1v) is 11.1. The van der Waals surface area contributed by atoms with E-state index in [2.05, 4.69) is 16.0 Å². The van der Waals surface area contributed by atoms with Gasteiger partial charge in [0.2, 0.25) is 11.8 Å². The van der Waals surface area contributed by atoms with Gasteiger partial charge in [-0.3, -0.25) is 14.9 Å². The minimum Gasteiger partial charge on any atom is -0.462 e. The standard InChI is InChI=1S/C25H29N3O5/c1-5-33-23(31)16-6-8-17(9-7-16)26-22(30)19-12-20(15(4)29)28-25(19)18-11-13(2)10-14(3)21(18)27-24(25)32/h6-11,15,19-20,28-29H,5,12H2,1-4H3,(H,26,30)(H,27,32)/t15-,19+,20-,25-/m1/s1. The molecule has 1 fully saturated rings. The van der Waals surface area contributed by atoms with E-state index in [-0.39, 0.29) is 18.4 Å². The number of rotatable bonds is 5. The molecule has 4 N–H and O–H groups in total. The molecule has 2 aromatic rings. The first-order chi connectivity index (χ1) is 15.7. The largest absolute Gasteiger partial charge is 0.462 e.